The SMILES string of the molecule is COc1ccc(F)cc1C(C)NS(=O)(=O)CCCCl. The van der Waals surface area contributed by atoms with E-state index >= 15 is 0 Å². The minimum absolute atomic E-state index is 0.0571. The Morgan fingerprint density at radius 2 is 2.16 bits per heavy atom. The quantitative estimate of drug-likeness (QED) is 0.787. The molecule has 0 fully saturated rings. The Kier molecular flexibility index (Phi) is 6.03. The van der Waals surface area contributed by atoms with Crippen molar-refractivity contribution in [3.05, 3.63) is 29.6 Å². The van der Waals surface area contributed by atoms with E-state index in [1.54, 1.807) is 6.92 Å². The first-order chi connectivity index (χ1) is 8.89. The molecule has 108 valence electrons. The summed E-state index contributed by atoms with van der Waals surface area (Å²) in [4.78, 5) is 0. The van der Waals surface area contributed by atoms with Crippen LogP contribution in [0.5, 0.6) is 5.75 Å². The predicted octanol–water partition coefficient (Wildman–Crippen LogP) is 2.44. The van der Waals surface area contributed by atoms with Gasteiger partial charge in [0.05, 0.1) is 12.9 Å². The molecular formula is C12H17ClFNO3S. The van der Waals surface area contributed by atoms with Crippen LogP contribution in [-0.4, -0.2) is 27.2 Å². The maximum atomic E-state index is 13.2. The van der Waals surface area contributed by atoms with E-state index in [0.717, 1.165) is 0 Å². The second-order valence-electron chi connectivity index (χ2n) is 4.09. The van der Waals surface area contributed by atoms with E-state index in [4.69, 9.17) is 16.3 Å². The second-order valence-corrected chi connectivity index (χ2v) is 6.34. The molecule has 1 N–H and O–H groups in total. The van der Waals surface area contributed by atoms with Crippen LogP contribution in [0.2, 0.25) is 0 Å². The van der Waals surface area contributed by atoms with Crippen molar-refractivity contribution < 1.29 is 17.5 Å². The fraction of sp³-hybridized carbons (Fsp3) is 0.500. The summed E-state index contributed by atoms with van der Waals surface area (Å²) in [5.41, 5.74) is 0.456. The largest absolute Gasteiger partial charge is 0.496 e. The van der Waals surface area contributed by atoms with E-state index in [0.29, 0.717) is 17.7 Å². The van der Waals surface area contributed by atoms with Gasteiger partial charge in [0.1, 0.15) is 11.6 Å². The van der Waals surface area contributed by atoms with Gasteiger partial charge < -0.3 is 4.74 Å². The van der Waals surface area contributed by atoms with Gasteiger partial charge in [-0.1, -0.05) is 0 Å². The van der Waals surface area contributed by atoms with Crippen LogP contribution in [-0.2, 0) is 10.0 Å². The molecule has 1 atom stereocenters. The molecule has 0 radical (unpaired) electrons. The highest BCUT2D eigenvalue weighted by Gasteiger charge is 2.18. The minimum Gasteiger partial charge on any atom is -0.496 e. The number of methoxy groups -OCH3 is 1. The molecule has 4 nitrogen and oxygen atoms in total. The summed E-state index contributed by atoms with van der Waals surface area (Å²) in [7, 11) is -1.99. The van der Waals surface area contributed by atoms with Crippen LogP contribution in [0.3, 0.4) is 0 Å². The highest BCUT2D eigenvalue weighted by Crippen LogP contribution is 2.26. The van der Waals surface area contributed by atoms with Crippen LogP contribution < -0.4 is 9.46 Å². The lowest BCUT2D eigenvalue weighted by molar-refractivity contribution is 0.403. The summed E-state index contributed by atoms with van der Waals surface area (Å²) in [6, 6.07) is 3.41. The number of benzene rings is 1. The summed E-state index contributed by atoms with van der Waals surface area (Å²) in [5.74, 6) is 0.216. The van der Waals surface area contributed by atoms with E-state index in [1.165, 1.54) is 25.3 Å². The first-order valence-corrected chi connectivity index (χ1v) is 7.97. The Morgan fingerprint density at radius 3 is 2.74 bits per heavy atom. The van der Waals surface area contributed by atoms with Gasteiger partial charge in [0.2, 0.25) is 10.0 Å². The van der Waals surface area contributed by atoms with Crippen molar-refractivity contribution >= 4 is 21.6 Å². The molecule has 0 aromatic heterocycles. The molecule has 0 bridgehead atoms. The predicted molar refractivity (Wildman–Crippen MR) is 73.6 cm³/mol. The topological polar surface area (TPSA) is 55.4 Å². The number of nitrogens with one attached hydrogen (secondary N) is 1. The van der Waals surface area contributed by atoms with Crippen molar-refractivity contribution in [1.29, 1.82) is 0 Å². The molecule has 0 saturated carbocycles. The molecule has 1 aromatic carbocycles. The Hall–Kier alpha value is -0.850. The molecule has 0 aliphatic carbocycles. The van der Waals surface area contributed by atoms with E-state index in [9.17, 15) is 12.8 Å². The van der Waals surface area contributed by atoms with E-state index in [-0.39, 0.29) is 11.6 Å². The molecule has 0 aliphatic rings. The zero-order valence-corrected chi connectivity index (χ0v) is 12.4. The van der Waals surface area contributed by atoms with Gasteiger partial charge in [0.15, 0.2) is 0 Å². The number of hydrogen-bond donors (Lipinski definition) is 1. The molecule has 0 spiro atoms. The molecule has 1 unspecified atom stereocenters. The number of alkyl halides is 1. The van der Waals surface area contributed by atoms with Crippen LogP contribution in [0.1, 0.15) is 24.9 Å². The summed E-state index contributed by atoms with van der Waals surface area (Å²) >= 11 is 5.47. The van der Waals surface area contributed by atoms with Gasteiger partial charge in [-0.3, -0.25) is 0 Å². The summed E-state index contributed by atoms with van der Waals surface area (Å²) in [6.07, 6.45) is 0.365. The van der Waals surface area contributed by atoms with Crippen molar-refractivity contribution in [1.82, 2.24) is 4.72 Å². The standard InChI is InChI=1S/C12H17ClFNO3S/c1-9(15-19(16,17)7-3-6-13)11-8-10(14)4-5-12(11)18-2/h4-5,8-9,15H,3,6-7H2,1-2H3. The number of rotatable bonds is 7. The molecule has 1 aromatic rings. The lowest BCUT2D eigenvalue weighted by atomic mass is 10.1. The zero-order valence-electron chi connectivity index (χ0n) is 10.8. The van der Waals surface area contributed by atoms with Crippen molar-refractivity contribution in [2.45, 2.75) is 19.4 Å². The Balaban J connectivity index is 2.88. The van der Waals surface area contributed by atoms with Crippen LogP contribution in [0.4, 0.5) is 4.39 Å². The number of hydrogen-bond acceptors (Lipinski definition) is 3. The minimum atomic E-state index is -3.44. The van der Waals surface area contributed by atoms with Gasteiger partial charge in [-0.2, -0.15) is 0 Å². The van der Waals surface area contributed by atoms with Gasteiger partial charge >= 0.3 is 0 Å². The normalized spacial score (nSPS) is 13.3. The lowest BCUT2D eigenvalue weighted by Gasteiger charge is -2.17. The van der Waals surface area contributed by atoms with Crippen molar-refractivity contribution in [2.24, 2.45) is 0 Å². The molecule has 7 heteroatoms. The van der Waals surface area contributed by atoms with E-state index < -0.39 is 21.9 Å². The average Bonchev–Trinajstić information content (AvgIpc) is 2.36. The molecule has 0 aliphatic heterocycles. The smallest absolute Gasteiger partial charge is 0.212 e. The van der Waals surface area contributed by atoms with Gasteiger partial charge in [-0.15, -0.1) is 11.6 Å². The van der Waals surface area contributed by atoms with Crippen molar-refractivity contribution in [3.63, 3.8) is 0 Å². The molecule has 1 rings (SSSR count). The van der Waals surface area contributed by atoms with Crippen LogP contribution in [0.25, 0.3) is 0 Å². The third-order valence-electron chi connectivity index (χ3n) is 2.56. The average molecular weight is 310 g/mol. The molecule has 19 heavy (non-hydrogen) atoms. The number of ether oxygens (including phenoxy) is 1. The lowest BCUT2D eigenvalue weighted by Crippen LogP contribution is -2.29. The summed E-state index contributed by atoms with van der Waals surface area (Å²) in [5, 5.41) is 0. The third-order valence-corrected chi connectivity index (χ3v) is 4.37. The molecular weight excluding hydrogens is 293 g/mol. The summed E-state index contributed by atoms with van der Waals surface area (Å²) in [6.45, 7) is 1.63. The van der Waals surface area contributed by atoms with Gasteiger partial charge in [-0.25, -0.2) is 17.5 Å². The zero-order chi connectivity index (χ0) is 14.5. The highest BCUT2D eigenvalue weighted by atomic mass is 35.5. The third kappa shape index (κ3) is 4.97. The Morgan fingerprint density at radius 1 is 1.47 bits per heavy atom. The molecule has 0 heterocycles. The van der Waals surface area contributed by atoms with Gasteiger partial charge in [-0.05, 0) is 31.5 Å². The van der Waals surface area contributed by atoms with Crippen LogP contribution in [0.15, 0.2) is 18.2 Å². The monoisotopic (exact) mass is 309 g/mol. The van der Waals surface area contributed by atoms with Crippen LogP contribution >= 0.6 is 11.6 Å². The Labute approximate surface area is 118 Å². The first-order valence-electron chi connectivity index (χ1n) is 5.79. The van der Waals surface area contributed by atoms with Gasteiger partial charge in [0, 0.05) is 17.5 Å². The number of halogens is 2. The van der Waals surface area contributed by atoms with Crippen molar-refractivity contribution in [3.8, 4) is 5.75 Å². The maximum absolute atomic E-state index is 13.2. The highest BCUT2D eigenvalue weighted by molar-refractivity contribution is 7.89. The summed E-state index contributed by atoms with van der Waals surface area (Å²) < 4.78 is 44.3. The Bertz CT molecular complexity index is 522. The first kappa shape index (κ1) is 16.2. The van der Waals surface area contributed by atoms with Crippen molar-refractivity contribution in [2.75, 3.05) is 18.7 Å². The molecule has 0 amide bonds. The number of sulfonamides is 1. The van der Waals surface area contributed by atoms with Crippen LogP contribution in [0, 0.1) is 5.82 Å². The second kappa shape index (κ2) is 7.07. The maximum Gasteiger partial charge on any atom is 0.212 e. The van der Waals surface area contributed by atoms with Gasteiger partial charge in [0.25, 0.3) is 0 Å². The van der Waals surface area contributed by atoms with E-state index in [1.807, 2.05) is 0 Å². The molecule has 0 saturated heterocycles. The fourth-order valence-corrected chi connectivity index (χ4v) is 3.28. The van der Waals surface area contributed by atoms with E-state index in [2.05, 4.69) is 4.72 Å². The fourth-order valence-electron chi connectivity index (χ4n) is 1.68.